The van der Waals surface area contributed by atoms with Crippen molar-refractivity contribution in [3.05, 3.63) is 110 Å². The normalized spacial score (nSPS) is 28.5. The molecular weight excluding hydrogens is 778 g/mol. The molecule has 0 saturated carbocycles. The number of hydrogen-bond acceptors (Lipinski definition) is 2. The largest absolute Gasteiger partial charge is 0.114 e. The number of alkyl halides is 2. The quantitative estimate of drug-likeness (QED) is 0.219. The van der Waals surface area contributed by atoms with Crippen molar-refractivity contribution in [3.8, 4) is 0 Å². The van der Waals surface area contributed by atoms with Gasteiger partial charge in [0.25, 0.3) is 0 Å². The summed E-state index contributed by atoms with van der Waals surface area (Å²) in [6.07, 6.45) is 0. The Morgan fingerprint density at radius 1 is 0.447 bits per heavy atom. The van der Waals surface area contributed by atoms with Crippen molar-refractivity contribution < 1.29 is 0 Å². The van der Waals surface area contributed by atoms with E-state index in [1.165, 1.54) is 21.6 Å². The summed E-state index contributed by atoms with van der Waals surface area (Å²) in [7, 11) is 2.44. The van der Waals surface area contributed by atoms with Gasteiger partial charge in [0.2, 0.25) is 0 Å². The van der Waals surface area contributed by atoms with Crippen LogP contribution in [0.5, 0.6) is 0 Å². The summed E-state index contributed by atoms with van der Waals surface area (Å²) in [4.78, 5) is 0. The van der Waals surface area contributed by atoms with Gasteiger partial charge < -0.3 is 0 Å². The lowest BCUT2D eigenvalue weighted by Crippen LogP contribution is -2.40. The van der Waals surface area contributed by atoms with Gasteiger partial charge >= 0.3 is 0 Å². The molecule has 2 aliphatic carbocycles. The van der Waals surface area contributed by atoms with Gasteiger partial charge in [-0.1, -0.05) is 162 Å². The molecule has 38 heavy (non-hydrogen) atoms. The van der Waals surface area contributed by atoms with Crippen LogP contribution >= 0.6 is 161 Å². The molecule has 4 unspecified atom stereocenters. The highest BCUT2D eigenvalue weighted by atomic mass is 35.5. The zero-order valence-electron chi connectivity index (χ0n) is 18.1. The zero-order valence-corrected chi connectivity index (χ0v) is 28.8. The van der Waals surface area contributed by atoms with E-state index in [0.29, 0.717) is 21.2 Å². The van der Waals surface area contributed by atoms with Gasteiger partial charge in [0, 0.05) is 10.0 Å². The molecule has 0 radical (unpaired) electrons. The number of benzene rings is 2. The monoisotopic (exact) mass is 782 g/mol. The van der Waals surface area contributed by atoms with E-state index in [1.54, 1.807) is 48.5 Å². The van der Waals surface area contributed by atoms with E-state index in [2.05, 4.69) is 0 Å². The second kappa shape index (κ2) is 12.7. The van der Waals surface area contributed by atoms with E-state index in [9.17, 15) is 0 Å². The van der Waals surface area contributed by atoms with Gasteiger partial charge in [0.05, 0.1) is 51.0 Å². The molecule has 0 heterocycles. The lowest BCUT2D eigenvalue weighted by Gasteiger charge is -2.45. The predicted octanol–water partition coefficient (Wildman–Crippen LogP) is 13.5. The third-order valence-electron chi connectivity index (χ3n) is 5.85. The van der Waals surface area contributed by atoms with E-state index in [-0.39, 0.29) is 40.3 Å². The lowest BCUT2D eigenvalue weighted by molar-refractivity contribution is 0.753. The third-order valence-corrected chi connectivity index (χ3v) is 15.9. The van der Waals surface area contributed by atoms with Crippen molar-refractivity contribution in [2.45, 2.75) is 20.2 Å². The Bertz CT molecular complexity index is 1290. The van der Waals surface area contributed by atoms with Gasteiger partial charge in [0.15, 0.2) is 0 Å². The first-order chi connectivity index (χ1) is 17.8. The molecule has 4 atom stereocenters. The molecule has 2 aliphatic rings. The van der Waals surface area contributed by atoms with Crippen LogP contribution in [0.2, 0.25) is 10.0 Å². The highest BCUT2D eigenvalue weighted by Crippen LogP contribution is 2.68. The van der Waals surface area contributed by atoms with Crippen LogP contribution in [0.1, 0.15) is 11.1 Å². The minimum Gasteiger partial charge on any atom is -0.114 e. The van der Waals surface area contributed by atoms with Crippen molar-refractivity contribution >= 4 is 161 Å². The number of hydrogen-bond donors (Lipinski definition) is 0. The van der Waals surface area contributed by atoms with Crippen LogP contribution in [0.25, 0.3) is 0 Å². The van der Waals surface area contributed by atoms with Crippen LogP contribution in [0.4, 0.5) is 0 Å². The molecule has 0 aliphatic heterocycles. The first kappa shape index (κ1) is 32.5. The second-order valence-electron chi connectivity index (χ2n) is 7.96. The molecule has 0 saturated heterocycles. The van der Waals surface area contributed by atoms with E-state index < -0.39 is 20.2 Å². The van der Waals surface area contributed by atoms with Gasteiger partial charge in [-0.15, -0.1) is 23.2 Å². The summed E-state index contributed by atoms with van der Waals surface area (Å²) >= 11 is 79.4. The maximum absolute atomic E-state index is 7.01. The van der Waals surface area contributed by atoms with Crippen molar-refractivity contribution in [1.29, 1.82) is 0 Å². The summed E-state index contributed by atoms with van der Waals surface area (Å²) in [5.41, 5.74) is 1.29. The Morgan fingerprint density at radius 3 is 1.03 bits per heavy atom. The average Bonchev–Trinajstić information content (AvgIpc) is 2.91. The van der Waals surface area contributed by atoms with Crippen molar-refractivity contribution in [2.75, 3.05) is 0 Å². The van der Waals surface area contributed by atoms with Crippen molar-refractivity contribution in [1.82, 2.24) is 0 Å². The van der Waals surface area contributed by atoms with Gasteiger partial charge in [-0.2, -0.15) is 0 Å². The zero-order chi connectivity index (χ0) is 28.2. The average molecular weight is 788 g/mol. The SMILES string of the molecule is ClC1=C(Cl)C(Cl)C(SSC2(c3ccc(Cl)cc3)C(Cl)=C(Cl)C(Cl)=C(Cl)C2Cl)(c2ccc(Cl)cc2)C(Cl)=C1Cl. The third kappa shape index (κ3) is 5.39. The van der Waals surface area contributed by atoms with Gasteiger partial charge in [-0.05, 0) is 35.4 Å². The highest BCUT2D eigenvalue weighted by molar-refractivity contribution is 8.77. The molecule has 0 amide bonds. The Morgan fingerprint density at radius 2 is 0.737 bits per heavy atom. The number of allylic oxidation sites excluding steroid dienone is 6. The van der Waals surface area contributed by atoms with E-state index in [0.717, 1.165) is 0 Å². The molecule has 2 aromatic rings. The fraction of sp³-hybridized carbons (Fsp3) is 0.167. The molecule has 2 aromatic carbocycles. The fourth-order valence-corrected chi connectivity index (χ4v) is 12.5. The Kier molecular flexibility index (Phi) is 10.8. The van der Waals surface area contributed by atoms with Crippen LogP contribution in [0.15, 0.2) is 88.8 Å². The Balaban J connectivity index is 1.96. The van der Waals surface area contributed by atoms with E-state index >= 15 is 0 Å². The van der Waals surface area contributed by atoms with E-state index in [1.807, 2.05) is 0 Å². The summed E-state index contributed by atoms with van der Waals surface area (Å²) < 4.78 is -2.55. The molecule has 4 rings (SSSR count). The van der Waals surface area contributed by atoms with Crippen molar-refractivity contribution in [3.63, 3.8) is 0 Å². The summed E-state index contributed by atoms with van der Waals surface area (Å²) in [5.74, 6) is 0. The molecule has 0 bridgehead atoms. The molecule has 0 fully saturated rings. The van der Waals surface area contributed by atoms with Gasteiger partial charge in [0.1, 0.15) is 9.49 Å². The maximum Gasteiger partial charge on any atom is 0.110 e. The molecule has 202 valence electrons. The maximum atomic E-state index is 7.01. The molecule has 0 nitrogen and oxygen atoms in total. The minimum atomic E-state index is -1.28. The summed E-state index contributed by atoms with van der Waals surface area (Å²) in [6, 6.07) is 13.9. The molecular formula is C24H10Cl12S2. The molecule has 0 spiro atoms. The van der Waals surface area contributed by atoms with Crippen molar-refractivity contribution in [2.24, 2.45) is 0 Å². The van der Waals surface area contributed by atoms with Gasteiger partial charge in [-0.25, -0.2) is 0 Å². The van der Waals surface area contributed by atoms with Gasteiger partial charge in [-0.3, -0.25) is 0 Å². The topological polar surface area (TPSA) is 0 Å². The summed E-state index contributed by atoms with van der Waals surface area (Å²) in [5, 5.41) is -0.211. The first-order valence-electron chi connectivity index (χ1n) is 10.2. The van der Waals surface area contributed by atoms with Crippen LogP contribution in [-0.4, -0.2) is 10.8 Å². The van der Waals surface area contributed by atoms with Crippen LogP contribution in [0, 0.1) is 0 Å². The Hall–Kier alpha value is 1.58. The van der Waals surface area contributed by atoms with Crippen LogP contribution < -0.4 is 0 Å². The number of rotatable bonds is 5. The molecule has 0 N–H and O–H groups in total. The minimum absolute atomic E-state index is 0.0468. The first-order valence-corrected chi connectivity index (χ1v) is 17.0. The van der Waals surface area contributed by atoms with Crippen LogP contribution in [0.3, 0.4) is 0 Å². The predicted molar refractivity (Wildman–Crippen MR) is 176 cm³/mol. The second-order valence-corrected chi connectivity index (χ2v) is 15.4. The standard InChI is InChI=1S/C24H10Cl12S2/c25-11-5-1-9(2-6-11)23(19(33)15(29)13(27)16(30)20(23)34)37-38-24(10-3-7-12(26)8-4-10)21(35)17(31)14(28)18(32)22(24)36/h1-8,19,21H. The molecule has 0 aromatic heterocycles. The lowest BCUT2D eigenvalue weighted by atomic mass is 9.90. The van der Waals surface area contributed by atoms with Crippen LogP contribution in [-0.2, 0) is 9.49 Å². The molecule has 14 heteroatoms. The highest BCUT2D eigenvalue weighted by Gasteiger charge is 2.56. The van der Waals surface area contributed by atoms with E-state index in [4.69, 9.17) is 139 Å². The smallest absolute Gasteiger partial charge is 0.110 e. The summed E-state index contributed by atoms with van der Waals surface area (Å²) in [6.45, 7) is 0. The fourth-order valence-electron chi connectivity index (χ4n) is 3.86. The number of halogens is 12. The Labute approximate surface area is 287 Å².